The van der Waals surface area contributed by atoms with E-state index < -0.39 is 16.1 Å². The fourth-order valence-corrected chi connectivity index (χ4v) is 4.63. The molecule has 0 aromatic heterocycles. The molecule has 0 aromatic rings. The average Bonchev–Trinajstić information content (AvgIpc) is 1.83. The topological polar surface area (TPSA) is 0 Å². The van der Waals surface area contributed by atoms with Gasteiger partial charge in [0.25, 0.3) is 0 Å². The van der Waals surface area contributed by atoms with Crippen LogP contribution in [0.2, 0.25) is 38.8 Å². The summed E-state index contributed by atoms with van der Waals surface area (Å²) in [4.78, 5) is 0. The summed E-state index contributed by atoms with van der Waals surface area (Å²) >= 11 is 0. The Balaban J connectivity index is 4.13. The van der Waals surface area contributed by atoms with E-state index in [1.54, 1.807) is 0 Å². The van der Waals surface area contributed by atoms with Crippen LogP contribution in [-0.2, 0) is 0 Å². The fourth-order valence-electron chi connectivity index (χ4n) is 0.593. The summed E-state index contributed by atoms with van der Waals surface area (Å²) in [6.07, 6.45) is 0. The molecule has 2 heteroatoms. The Hall–Kier alpha value is 0.174. The van der Waals surface area contributed by atoms with Gasteiger partial charge >= 0.3 is 0 Å². The van der Waals surface area contributed by atoms with Crippen LogP contribution in [-0.4, -0.2) is 16.1 Å². The molecule has 0 rings (SSSR count). The summed E-state index contributed by atoms with van der Waals surface area (Å²) in [6.45, 7) is 14.4. The molecule has 11 heavy (non-hydrogen) atoms. The van der Waals surface area contributed by atoms with Crippen molar-refractivity contribution in [3.63, 3.8) is 0 Å². The maximum atomic E-state index is 2.53. The lowest BCUT2D eigenvalue weighted by Gasteiger charge is -2.17. The maximum Gasteiger partial charge on any atom is 0.0705 e. The fraction of sp³-hybridized carbons (Fsp3) is 0.778. The molecule has 0 aliphatic rings. The SMILES string of the molecule is CC[Si](C)(C)/C=C/[Si](C)(C)C. The van der Waals surface area contributed by atoms with Gasteiger partial charge in [0, 0.05) is 0 Å². The zero-order chi connectivity index (χ0) is 9.12. The van der Waals surface area contributed by atoms with Gasteiger partial charge < -0.3 is 0 Å². The Kier molecular flexibility index (Phi) is 3.78. The van der Waals surface area contributed by atoms with Crippen LogP contribution in [0.1, 0.15) is 6.92 Å². The normalized spacial score (nSPS) is 14.4. The first-order valence-corrected chi connectivity index (χ1v) is 11.3. The highest BCUT2D eigenvalue weighted by Crippen LogP contribution is 2.12. The van der Waals surface area contributed by atoms with E-state index in [-0.39, 0.29) is 0 Å². The van der Waals surface area contributed by atoms with Crippen LogP contribution in [0.3, 0.4) is 0 Å². The van der Waals surface area contributed by atoms with Crippen LogP contribution < -0.4 is 0 Å². The van der Waals surface area contributed by atoms with Gasteiger partial charge in [0.1, 0.15) is 0 Å². The molecule has 0 unspecified atom stereocenters. The summed E-state index contributed by atoms with van der Waals surface area (Å²) < 4.78 is 0. The first-order valence-electron chi connectivity index (χ1n) is 4.47. The van der Waals surface area contributed by atoms with E-state index in [0.717, 1.165) is 0 Å². The highest BCUT2D eigenvalue weighted by Gasteiger charge is 2.15. The molecule has 0 fully saturated rings. The summed E-state index contributed by atoms with van der Waals surface area (Å²) in [6, 6.07) is 1.37. The summed E-state index contributed by atoms with van der Waals surface area (Å²) in [5.74, 6) is 0. The van der Waals surface area contributed by atoms with Crippen LogP contribution in [0.5, 0.6) is 0 Å². The second-order valence-corrected chi connectivity index (χ2v) is 15.1. The Morgan fingerprint density at radius 1 is 0.909 bits per heavy atom. The minimum Gasteiger partial charge on any atom is -0.103 e. The van der Waals surface area contributed by atoms with Crippen molar-refractivity contribution in [3.05, 3.63) is 11.4 Å². The second-order valence-electron chi connectivity index (χ2n) is 5.04. The molecular weight excluding hydrogens is 164 g/mol. The molecule has 0 spiro atoms. The van der Waals surface area contributed by atoms with Crippen molar-refractivity contribution in [2.45, 2.75) is 45.7 Å². The van der Waals surface area contributed by atoms with Crippen molar-refractivity contribution >= 4 is 16.1 Å². The lowest BCUT2D eigenvalue weighted by molar-refractivity contribution is 1.38. The van der Waals surface area contributed by atoms with E-state index in [0.29, 0.717) is 0 Å². The van der Waals surface area contributed by atoms with Crippen molar-refractivity contribution in [1.29, 1.82) is 0 Å². The lowest BCUT2D eigenvalue weighted by atomic mass is 11.0. The number of rotatable bonds is 3. The Bertz CT molecular complexity index is 140. The Labute approximate surface area is 73.7 Å². The minimum absolute atomic E-state index is 0.929. The maximum absolute atomic E-state index is 2.53. The molecular formula is C9H22Si2. The Morgan fingerprint density at radius 2 is 1.36 bits per heavy atom. The van der Waals surface area contributed by atoms with Crippen LogP contribution in [0.15, 0.2) is 11.4 Å². The van der Waals surface area contributed by atoms with Crippen molar-refractivity contribution in [3.8, 4) is 0 Å². The molecule has 0 saturated carbocycles. The van der Waals surface area contributed by atoms with E-state index in [9.17, 15) is 0 Å². The van der Waals surface area contributed by atoms with E-state index in [1.807, 2.05) is 0 Å². The highest BCUT2D eigenvalue weighted by molar-refractivity contribution is 6.86. The molecule has 0 saturated heterocycles. The third-order valence-electron chi connectivity index (χ3n) is 1.95. The average molecular weight is 186 g/mol. The number of hydrogen-bond acceptors (Lipinski definition) is 0. The van der Waals surface area contributed by atoms with Crippen molar-refractivity contribution in [2.75, 3.05) is 0 Å². The summed E-state index contributed by atoms with van der Waals surface area (Å²) in [5, 5.41) is 0. The van der Waals surface area contributed by atoms with Gasteiger partial charge in [0.15, 0.2) is 0 Å². The second kappa shape index (κ2) is 3.72. The van der Waals surface area contributed by atoms with E-state index >= 15 is 0 Å². The van der Waals surface area contributed by atoms with Crippen molar-refractivity contribution < 1.29 is 0 Å². The van der Waals surface area contributed by atoms with E-state index in [1.165, 1.54) is 6.04 Å². The summed E-state index contributed by atoms with van der Waals surface area (Å²) in [5.41, 5.74) is 5.03. The molecule has 0 aliphatic carbocycles. The van der Waals surface area contributed by atoms with Gasteiger partial charge in [0.2, 0.25) is 0 Å². The molecule has 0 heterocycles. The standard InChI is InChI=1S/C9H22Si2/c1-7-11(5,6)9-8-10(2,3)4/h8-9H,7H2,1-6H3/b9-8+. The molecule has 0 aliphatic heterocycles. The first kappa shape index (κ1) is 11.2. The third-order valence-corrected chi connectivity index (χ3v) is 6.34. The smallest absolute Gasteiger partial charge is 0.0705 e. The lowest BCUT2D eigenvalue weighted by Crippen LogP contribution is -2.24. The van der Waals surface area contributed by atoms with Crippen LogP contribution in [0.25, 0.3) is 0 Å². The molecule has 0 N–H and O–H groups in total. The van der Waals surface area contributed by atoms with Gasteiger partial charge in [-0.1, -0.05) is 45.7 Å². The van der Waals surface area contributed by atoms with Crippen molar-refractivity contribution in [1.82, 2.24) is 0 Å². The molecule has 0 aromatic carbocycles. The zero-order valence-corrected chi connectivity index (χ0v) is 10.9. The first-order chi connectivity index (χ1) is 4.77. The quantitative estimate of drug-likeness (QED) is 0.590. The molecule has 0 atom stereocenters. The molecule has 0 nitrogen and oxygen atoms in total. The summed E-state index contributed by atoms with van der Waals surface area (Å²) in [7, 11) is -1.86. The number of hydrogen-bond donors (Lipinski definition) is 0. The van der Waals surface area contributed by atoms with Gasteiger partial charge in [-0.05, 0) is 0 Å². The van der Waals surface area contributed by atoms with E-state index in [4.69, 9.17) is 0 Å². The third kappa shape index (κ3) is 6.57. The van der Waals surface area contributed by atoms with Gasteiger partial charge in [-0.2, -0.15) is 0 Å². The predicted octanol–water partition coefficient (Wildman–Crippen LogP) is 3.69. The van der Waals surface area contributed by atoms with Gasteiger partial charge in [-0.3, -0.25) is 0 Å². The van der Waals surface area contributed by atoms with Gasteiger partial charge in [-0.15, -0.1) is 11.4 Å². The van der Waals surface area contributed by atoms with Crippen LogP contribution in [0, 0.1) is 0 Å². The van der Waals surface area contributed by atoms with Crippen molar-refractivity contribution in [2.24, 2.45) is 0 Å². The van der Waals surface area contributed by atoms with E-state index in [2.05, 4.69) is 51.1 Å². The minimum atomic E-state index is -0.933. The molecule has 0 radical (unpaired) electrons. The molecule has 66 valence electrons. The van der Waals surface area contributed by atoms with Gasteiger partial charge in [-0.25, -0.2) is 0 Å². The molecule has 0 bridgehead atoms. The Morgan fingerprint density at radius 3 is 1.64 bits per heavy atom. The van der Waals surface area contributed by atoms with Gasteiger partial charge in [0.05, 0.1) is 16.1 Å². The predicted molar refractivity (Wildman–Crippen MR) is 60.4 cm³/mol. The largest absolute Gasteiger partial charge is 0.103 e. The zero-order valence-electron chi connectivity index (χ0n) is 8.86. The van der Waals surface area contributed by atoms with Crippen LogP contribution in [0.4, 0.5) is 0 Å². The monoisotopic (exact) mass is 186 g/mol. The highest BCUT2D eigenvalue weighted by atomic mass is 28.3. The molecule has 0 amide bonds. The van der Waals surface area contributed by atoms with Crippen LogP contribution >= 0.6 is 0 Å².